The quantitative estimate of drug-likeness (QED) is 0.778. The zero-order valence-corrected chi connectivity index (χ0v) is 16.6. The molecule has 1 aromatic carbocycles. The van der Waals surface area contributed by atoms with Crippen LogP contribution in [0.25, 0.3) is 5.69 Å². The monoisotopic (exact) mass is 404 g/mol. The normalized spacial score (nSPS) is 17.0. The molecule has 0 atom stereocenters. The lowest BCUT2D eigenvalue weighted by molar-refractivity contribution is -0.144. The van der Waals surface area contributed by atoms with E-state index in [1.54, 1.807) is 33.5 Å². The Labute approximate surface area is 167 Å². The number of carbonyl (C=O) groups is 2. The standard InChI is InChI=1S/C19H21ClN4O2S/c1-12-6-8-23(9-7-12)19(26)18(25)21-17-15-10-27-11-16(15)22-24(17)14-4-2-13(20)3-5-14/h2-5,12H,6-11H2,1H3,(H,21,25). The molecule has 27 heavy (non-hydrogen) atoms. The van der Waals surface area contributed by atoms with E-state index in [1.165, 1.54) is 0 Å². The van der Waals surface area contributed by atoms with E-state index in [0.717, 1.165) is 41.3 Å². The molecule has 2 aliphatic heterocycles. The van der Waals surface area contributed by atoms with Crippen LogP contribution < -0.4 is 5.32 Å². The molecule has 1 aromatic heterocycles. The van der Waals surface area contributed by atoms with Gasteiger partial charge in [-0.15, -0.1) is 0 Å². The number of benzene rings is 1. The van der Waals surface area contributed by atoms with Gasteiger partial charge in [-0.1, -0.05) is 18.5 Å². The molecule has 3 heterocycles. The van der Waals surface area contributed by atoms with Crippen molar-refractivity contribution in [3.05, 3.63) is 40.5 Å². The molecule has 0 bridgehead atoms. The highest BCUT2D eigenvalue weighted by molar-refractivity contribution is 7.98. The fourth-order valence-electron chi connectivity index (χ4n) is 3.43. The van der Waals surface area contributed by atoms with Crippen LogP contribution in [0.1, 0.15) is 31.0 Å². The number of hydrogen-bond donors (Lipinski definition) is 1. The lowest BCUT2D eigenvalue weighted by Gasteiger charge is -2.29. The Kier molecular flexibility index (Phi) is 5.14. The average molecular weight is 405 g/mol. The fourth-order valence-corrected chi connectivity index (χ4v) is 4.59. The van der Waals surface area contributed by atoms with Gasteiger partial charge in [-0.2, -0.15) is 16.9 Å². The van der Waals surface area contributed by atoms with Crippen molar-refractivity contribution in [2.45, 2.75) is 31.3 Å². The van der Waals surface area contributed by atoms with Crippen LogP contribution in [0.5, 0.6) is 0 Å². The second-order valence-electron chi connectivity index (χ2n) is 7.08. The summed E-state index contributed by atoms with van der Waals surface area (Å²) in [6, 6.07) is 7.26. The molecule has 2 aliphatic rings. The van der Waals surface area contributed by atoms with E-state index in [4.69, 9.17) is 11.6 Å². The lowest BCUT2D eigenvalue weighted by Crippen LogP contribution is -2.44. The highest BCUT2D eigenvalue weighted by Crippen LogP contribution is 2.36. The van der Waals surface area contributed by atoms with E-state index >= 15 is 0 Å². The molecule has 6 nitrogen and oxygen atoms in total. The molecular formula is C19H21ClN4O2S. The maximum absolute atomic E-state index is 12.7. The number of nitrogens with one attached hydrogen (secondary N) is 1. The number of thioether (sulfide) groups is 1. The third kappa shape index (κ3) is 3.71. The molecular weight excluding hydrogens is 384 g/mol. The van der Waals surface area contributed by atoms with Crippen LogP contribution in [0, 0.1) is 5.92 Å². The van der Waals surface area contributed by atoms with E-state index in [2.05, 4.69) is 17.3 Å². The molecule has 2 aromatic rings. The van der Waals surface area contributed by atoms with Crippen molar-refractivity contribution in [1.29, 1.82) is 0 Å². The molecule has 0 aliphatic carbocycles. The zero-order chi connectivity index (χ0) is 19.0. The van der Waals surface area contributed by atoms with Crippen LogP contribution in [0.4, 0.5) is 5.82 Å². The van der Waals surface area contributed by atoms with Crippen LogP contribution in [-0.2, 0) is 21.1 Å². The second-order valence-corrected chi connectivity index (χ2v) is 8.51. The van der Waals surface area contributed by atoms with Gasteiger partial charge >= 0.3 is 11.8 Å². The molecule has 0 saturated carbocycles. The maximum Gasteiger partial charge on any atom is 0.315 e. The van der Waals surface area contributed by atoms with Crippen molar-refractivity contribution in [2.75, 3.05) is 18.4 Å². The van der Waals surface area contributed by atoms with Crippen LogP contribution in [-0.4, -0.2) is 39.6 Å². The molecule has 1 N–H and O–H groups in total. The predicted molar refractivity (Wildman–Crippen MR) is 107 cm³/mol. The molecule has 8 heteroatoms. The Morgan fingerprint density at radius 1 is 1.19 bits per heavy atom. The van der Waals surface area contributed by atoms with Crippen molar-refractivity contribution in [3.63, 3.8) is 0 Å². The van der Waals surface area contributed by atoms with E-state index < -0.39 is 11.8 Å². The van der Waals surface area contributed by atoms with Gasteiger partial charge in [-0.3, -0.25) is 9.59 Å². The minimum Gasteiger partial charge on any atom is -0.334 e. The first-order chi connectivity index (χ1) is 13.0. The highest BCUT2D eigenvalue weighted by atomic mass is 35.5. The summed E-state index contributed by atoms with van der Waals surface area (Å²) in [4.78, 5) is 26.9. The molecule has 0 spiro atoms. The van der Waals surface area contributed by atoms with Crippen LogP contribution in [0.2, 0.25) is 5.02 Å². The van der Waals surface area contributed by atoms with Gasteiger partial charge in [0, 0.05) is 35.2 Å². The number of anilines is 1. The van der Waals surface area contributed by atoms with Gasteiger partial charge < -0.3 is 10.2 Å². The van der Waals surface area contributed by atoms with E-state index in [1.807, 2.05) is 12.1 Å². The fraction of sp³-hybridized carbons (Fsp3) is 0.421. The Balaban J connectivity index is 1.58. The SMILES string of the molecule is CC1CCN(C(=O)C(=O)Nc2c3c(nn2-c2ccc(Cl)cc2)CSC3)CC1. The lowest BCUT2D eigenvalue weighted by atomic mass is 9.99. The summed E-state index contributed by atoms with van der Waals surface area (Å²) >= 11 is 7.73. The summed E-state index contributed by atoms with van der Waals surface area (Å²) < 4.78 is 1.70. The van der Waals surface area contributed by atoms with Gasteiger partial charge in [-0.25, -0.2) is 4.68 Å². The van der Waals surface area contributed by atoms with Gasteiger partial charge in [0.25, 0.3) is 0 Å². The number of hydrogen-bond acceptors (Lipinski definition) is 4. The first-order valence-corrected chi connectivity index (χ1v) is 10.6. The number of amides is 2. The molecule has 142 valence electrons. The third-order valence-corrected chi connectivity index (χ3v) is 6.34. The van der Waals surface area contributed by atoms with E-state index in [9.17, 15) is 9.59 Å². The molecule has 0 unspecified atom stereocenters. The van der Waals surface area contributed by atoms with Crippen LogP contribution in [0.15, 0.2) is 24.3 Å². The molecule has 1 saturated heterocycles. The Bertz CT molecular complexity index is 873. The summed E-state index contributed by atoms with van der Waals surface area (Å²) in [6.45, 7) is 3.45. The number of rotatable bonds is 2. The van der Waals surface area contributed by atoms with Crippen molar-refractivity contribution >= 4 is 41.0 Å². The average Bonchev–Trinajstić information content (AvgIpc) is 3.25. The maximum atomic E-state index is 12.7. The summed E-state index contributed by atoms with van der Waals surface area (Å²) in [5.74, 6) is 1.69. The van der Waals surface area contributed by atoms with Crippen molar-refractivity contribution in [1.82, 2.24) is 14.7 Å². The number of nitrogens with zero attached hydrogens (tertiary/aromatic N) is 3. The number of fused-ring (bicyclic) bond motifs is 1. The summed E-state index contributed by atoms with van der Waals surface area (Å²) in [7, 11) is 0. The van der Waals surface area contributed by atoms with Crippen LogP contribution >= 0.6 is 23.4 Å². The van der Waals surface area contributed by atoms with Crippen molar-refractivity contribution in [3.8, 4) is 5.69 Å². The molecule has 2 amide bonds. The number of halogens is 1. The highest BCUT2D eigenvalue weighted by Gasteiger charge is 2.29. The van der Waals surface area contributed by atoms with Gasteiger partial charge in [0.1, 0.15) is 5.82 Å². The Morgan fingerprint density at radius 2 is 1.89 bits per heavy atom. The minimum absolute atomic E-state index is 0.467. The summed E-state index contributed by atoms with van der Waals surface area (Å²) in [5.41, 5.74) is 2.74. The molecule has 4 rings (SSSR count). The van der Waals surface area contributed by atoms with Crippen molar-refractivity contribution < 1.29 is 9.59 Å². The second kappa shape index (κ2) is 7.56. The van der Waals surface area contributed by atoms with Gasteiger partial charge in [0.05, 0.1) is 11.4 Å². The Hall–Kier alpha value is -1.99. The number of piperidine rings is 1. The van der Waals surface area contributed by atoms with Crippen molar-refractivity contribution in [2.24, 2.45) is 5.92 Å². The summed E-state index contributed by atoms with van der Waals surface area (Å²) in [6.07, 6.45) is 1.88. The van der Waals surface area contributed by atoms with Gasteiger partial charge in [0.2, 0.25) is 0 Å². The zero-order valence-electron chi connectivity index (χ0n) is 15.1. The third-order valence-electron chi connectivity index (χ3n) is 5.12. The Morgan fingerprint density at radius 3 is 2.59 bits per heavy atom. The van der Waals surface area contributed by atoms with E-state index in [0.29, 0.717) is 29.8 Å². The number of likely N-dealkylation sites (tertiary alicyclic amines) is 1. The first kappa shape index (κ1) is 18.4. The van der Waals surface area contributed by atoms with Gasteiger partial charge in [-0.05, 0) is 43.0 Å². The minimum atomic E-state index is -0.598. The van der Waals surface area contributed by atoms with Crippen LogP contribution in [0.3, 0.4) is 0 Å². The summed E-state index contributed by atoms with van der Waals surface area (Å²) in [5, 5.41) is 8.11. The largest absolute Gasteiger partial charge is 0.334 e. The van der Waals surface area contributed by atoms with E-state index in [-0.39, 0.29) is 0 Å². The predicted octanol–water partition coefficient (Wildman–Crippen LogP) is 3.47. The topological polar surface area (TPSA) is 67.2 Å². The van der Waals surface area contributed by atoms with Gasteiger partial charge in [0.15, 0.2) is 0 Å². The molecule has 1 fully saturated rings. The number of aromatic nitrogens is 2. The first-order valence-electron chi connectivity index (χ1n) is 9.07. The molecule has 0 radical (unpaired) electrons. The number of carbonyl (C=O) groups excluding carboxylic acids is 2. The smallest absolute Gasteiger partial charge is 0.315 e.